The van der Waals surface area contributed by atoms with Crippen molar-refractivity contribution in [1.29, 1.82) is 0 Å². The Hall–Kier alpha value is -2.50. The summed E-state index contributed by atoms with van der Waals surface area (Å²) in [6.07, 6.45) is -2.82. The van der Waals surface area contributed by atoms with Crippen molar-refractivity contribution < 1.29 is 27.4 Å². The number of rotatable bonds is 6. The van der Waals surface area contributed by atoms with E-state index in [1.54, 1.807) is 19.1 Å². The van der Waals surface area contributed by atoms with Crippen LogP contribution in [0.3, 0.4) is 0 Å². The SMILES string of the molecule is COC(=O)Cc1cccc(F)c1COc1ccc(C)cc1C(F)F. The van der Waals surface area contributed by atoms with E-state index in [-0.39, 0.29) is 29.9 Å². The van der Waals surface area contributed by atoms with Gasteiger partial charge in [-0.15, -0.1) is 0 Å². The van der Waals surface area contributed by atoms with E-state index < -0.39 is 18.2 Å². The van der Waals surface area contributed by atoms with Crippen LogP contribution in [-0.2, 0) is 22.6 Å². The highest BCUT2D eigenvalue weighted by molar-refractivity contribution is 5.72. The third-order valence-electron chi connectivity index (χ3n) is 3.55. The van der Waals surface area contributed by atoms with Gasteiger partial charge in [-0.25, -0.2) is 13.2 Å². The topological polar surface area (TPSA) is 35.5 Å². The van der Waals surface area contributed by atoms with Crippen LogP contribution in [0.4, 0.5) is 13.2 Å². The Morgan fingerprint density at radius 1 is 1.21 bits per heavy atom. The lowest BCUT2D eigenvalue weighted by molar-refractivity contribution is -0.139. The molecule has 0 heterocycles. The predicted molar refractivity (Wildman–Crippen MR) is 82.6 cm³/mol. The molecule has 128 valence electrons. The number of methoxy groups -OCH3 is 1. The van der Waals surface area contributed by atoms with Crippen molar-refractivity contribution in [1.82, 2.24) is 0 Å². The van der Waals surface area contributed by atoms with Gasteiger partial charge >= 0.3 is 5.97 Å². The fourth-order valence-corrected chi connectivity index (χ4v) is 2.28. The Morgan fingerprint density at radius 3 is 2.62 bits per heavy atom. The van der Waals surface area contributed by atoms with Crippen molar-refractivity contribution in [3.05, 3.63) is 64.5 Å². The van der Waals surface area contributed by atoms with Gasteiger partial charge in [-0.1, -0.05) is 23.8 Å². The molecule has 6 heteroatoms. The van der Waals surface area contributed by atoms with Crippen LogP contribution in [-0.4, -0.2) is 13.1 Å². The Bertz CT molecular complexity index is 729. The lowest BCUT2D eigenvalue weighted by Gasteiger charge is -2.14. The molecule has 0 aliphatic carbocycles. The first-order valence-corrected chi connectivity index (χ1v) is 7.27. The molecular formula is C18H17F3O3. The standard InChI is InChI=1S/C18H17F3O3/c1-11-6-7-16(13(8-11)18(20)21)24-10-14-12(9-17(22)23-2)4-3-5-15(14)19/h3-8,18H,9-10H2,1-2H3. The van der Waals surface area contributed by atoms with E-state index in [0.29, 0.717) is 11.1 Å². The number of esters is 1. The van der Waals surface area contributed by atoms with Gasteiger partial charge in [0.05, 0.1) is 19.1 Å². The van der Waals surface area contributed by atoms with Crippen LogP contribution in [0.25, 0.3) is 0 Å². The van der Waals surface area contributed by atoms with E-state index in [1.807, 2.05) is 0 Å². The summed E-state index contributed by atoms with van der Waals surface area (Å²) >= 11 is 0. The predicted octanol–water partition coefficient (Wildman–Crippen LogP) is 4.37. The number of ether oxygens (including phenoxy) is 2. The fourth-order valence-electron chi connectivity index (χ4n) is 2.28. The molecule has 0 atom stereocenters. The number of benzene rings is 2. The van der Waals surface area contributed by atoms with Crippen LogP contribution >= 0.6 is 0 Å². The molecule has 0 aromatic heterocycles. The van der Waals surface area contributed by atoms with Crippen LogP contribution < -0.4 is 4.74 Å². The molecule has 0 aliphatic heterocycles. The van der Waals surface area contributed by atoms with E-state index in [4.69, 9.17) is 4.74 Å². The van der Waals surface area contributed by atoms with E-state index >= 15 is 0 Å². The molecule has 0 fully saturated rings. The molecule has 0 aliphatic rings. The third-order valence-corrected chi connectivity index (χ3v) is 3.55. The minimum atomic E-state index is -2.70. The zero-order valence-corrected chi connectivity index (χ0v) is 13.3. The smallest absolute Gasteiger partial charge is 0.309 e. The molecule has 24 heavy (non-hydrogen) atoms. The molecule has 0 unspecified atom stereocenters. The molecular weight excluding hydrogens is 321 g/mol. The highest BCUT2D eigenvalue weighted by Crippen LogP contribution is 2.31. The van der Waals surface area contributed by atoms with Gasteiger partial charge in [-0.2, -0.15) is 0 Å². The molecule has 0 spiro atoms. The van der Waals surface area contributed by atoms with E-state index in [9.17, 15) is 18.0 Å². The number of carbonyl (C=O) groups is 1. The van der Waals surface area contributed by atoms with Gasteiger partial charge in [0.15, 0.2) is 0 Å². The Labute approximate surface area is 138 Å². The Balaban J connectivity index is 2.25. The summed E-state index contributed by atoms with van der Waals surface area (Å²) in [6, 6.07) is 8.66. The van der Waals surface area contributed by atoms with Gasteiger partial charge in [0.25, 0.3) is 6.43 Å². The summed E-state index contributed by atoms with van der Waals surface area (Å²) in [5.74, 6) is -1.10. The molecule has 0 bridgehead atoms. The zero-order chi connectivity index (χ0) is 17.7. The minimum Gasteiger partial charge on any atom is -0.488 e. The fraction of sp³-hybridized carbons (Fsp3) is 0.278. The maximum Gasteiger partial charge on any atom is 0.309 e. The van der Waals surface area contributed by atoms with Crippen LogP contribution in [0, 0.1) is 12.7 Å². The molecule has 3 nitrogen and oxygen atoms in total. The van der Waals surface area contributed by atoms with Gasteiger partial charge < -0.3 is 9.47 Å². The molecule has 0 saturated carbocycles. The van der Waals surface area contributed by atoms with Crippen LogP contribution in [0.15, 0.2) is 36.4 Å². The van der Waals surface area contributed by atoms with Crippen molar-refractivity contribution in [2.24, 2.45) is 0 Å². The van der Waals surface area contributed by atoms with E-state index in [0.717, 1.165) is 0 Å². The molecule has 0 saturated heterocycles. The van der Waals surface area contributed by atoms with Crippen molar-refractivity contribution in [2.75, 3.05) is 7.11 Å². The molecule has 2 aromatic carbocycles. The first-order valence-electron chi connectivity index (χ1n) is 7.27. The van der Waals surface area contributed by atoms with E-state index in [1.165, 1.54) is 31.4 Å². The number of hydrogen-bond donors (Lipinski definition) is 0. The highest BCUT2D eigenvalue weighted by atomic mass is 19.3. The number of carbonyl (C=O) groups excluding carboxylic acids is 1. The second kappa shape index (κ2) is 7.86. The summed E-state index contributed by atoms with van der Waals surface area (Å²) in [5, 5.41) is 0. The summed E-state index contributed by atoms with van der Waals surface area (Å²) in [6.45, 7) is 1.43. The van der Waals surface area contributed by atoms with Crippen molar-refractivity contribution in [3.63, 3.8) is 0 Å². The van der Waals surface area contributed by atoms with Crippen LogP contribution in [0.5, 0.6) is 5.75 Å². The van der Waals surface area contributed by atoms with Gasteiger partial charge in [-0.05, 0) is 30.7 Å². The normalized spacial score (nSPS) is 10.8. The van der Waals surface area contributed by atoms with Crippen molar-refractivity contribution >= 4 is 5.97 Å². The quantitative estimate of drug-likeness (QED) is 0.734. The summed E-state index contributed by atoms with van der Waals surface area (Å²) in [7, 11) is 1.24. The number of halogens is 3. The van der Waals surface area contributed by atoms with Gasteiger partial charge in [0.1, 0.15) is 18.2 Å². The largest absolute Gasteiger partial charge is 0.488 e. The number of aryl methyl sites for hydroxylation is 1. The summed E-state index contributed by atoms with van der Waals surface area (Å²) in [5.41, 5.74) is 0.965. The van der Waals surface area contributed by atoms with Gasteiger partial charge in [0, 0.05) is 5.56 Å². The second-order valence-electron chi connectivity index (χ2n) is 5.26. The monoisotopic (exact) mass is 338 g/mol. The molecule has 2 rings (SSSR count). The first-order chi connectivity index (χ1) is 11.4. The highest BCUT2D eigenvalue weighted by Gasteiger charge is 2.17. The van der Waals surface area contributed by atoms with Crippen molar-refractivity contribution in [3.8, 4) is 5.75 Å². The average Bonchev–Trinajstić information content (AvgIpc) is 2.55. The maximum absolute atomic E-state index is 14.1. The molecule has 2 aromatic rings. The third kappa shape index (κ3) is 4.28. The van der Waals surface area contributed by atoms with Crippen LogP contribution in [0.2, 0.25) is 0 Å². The van der Waals surface area contributed by atoms with E-state index in [2.05, 4.69) is 4.74 Å². The first kappa shape index (κ1) is 17.8. The Morgan fingerprint density at radius 2 is 1.96 bits per heavy atom. The average molecular weight is 338 g/mol. The summed E-state index contributed by atoms with van der Waals surface area (Å²) < 4.78 is 50.2. The lowest BCUT2D eigenvalue weighted by Crippen LogP contribution is -2.10. The van der Waals surface area contributed by atoms with Gasteiger partial charge in [-0.3, -0.25) is 4.79 Å². The summed E-state index contributed by atoms with van der Waals surface area (Å²) in [4.78, 5) is 11.4. The molecule has 0 radical (unpaired) electrons. The second-order valence-corrected chi connectivity index (χ2v) is 5.26. The van der Waals surface area contributed by atoms with Gasteiger partial charge in [0.2, 0.25) is 0 Å². The Kier molecular flexibility index (Phi) is 5.84. The lowest BCUT2D eigenvalue weighted by atomic mass is 10.0. The van der Waals surface area contributed by atoms with Crippen molar-refractivity contribution in [2.45, 2.75) is 26.4 Å². The zero-order valence-electron chi connectivity index (χ0n) is 13.3. The van der Waals surface area contributed by atoms with Crippen LogP contribution in [0.1, 0.15) is 28.7 Å². The molecule has 0 N–H and O–H groups in total. The number of alkyl halides is 2. The minimum absolute atomic E-state index is 0.0112. The maximum atomic E-state index is 14.1. The molecule has 0 amide bonds. The number of hydrogen-bond acceptors (Lipinski definition) is 3.